The number of hydrogen-bond donors (Lipinski definition) is 9. The molecule has 60 heavy (non-hydrogen) atoms. The molecule has 2 aromatic carbocycles. The van der Waals surface area contributed by atoms with Crippen LogP contribution in [0.1, 0.15) is 22.3 Å². The van der Waals surface area contributed by atoms with Gasteiger partial charge in [-0.15, -0.1) is 0 Å². The molecule has 2 fully saturated rings. The average Bonchev–Trinajstić information content (AvgIpc) is 3.25. The monoisotopic (exact) mass is 852 g/mol. The third kappa shape index (κ3) is 10.9. The lowest BCUT2D eigenvalue weighted by Crippen LogP contribution is -2.60. The van der Waals surface area contributed by atoms with Crippen LogP contribution in [-0.2, 0) is 49.2 Å². The van der Waals surface area contributed by atoms with Gasteiger partial charge in [0, 0.05) is 17.9 Å². The van der Waals surface area contributed by atoms with E-state index < -0.39 is 118 Å². The van der Waals surface area contributed by atoms with Crippen molar-refractivity contribution in [3.8, 4) is 17.2 Å². The summed E-state index contributed by atoms with van der Waals surface area (Å²) in [5, 5.41) is 90.6. The second-order valence-electron chi connectivity index (χ2n) is 13.7. The largest absolute Gasteiger partial charge is 0.508 e. The van der Waals surface area contributed by atoms with E-state index in [2.05, 4.69) is 0 Å². The average molecular weight is 853 g/mol. The Kier molecular flexibility index (Phi) is 16.2. The molecule has 330 valence electrons. The van der Waals surface area contributed by atoms with E-state index in [1.165, 1.54) is 43.5 Å². The molecule has 9 N–H and O–H groups in total. The van der Waals surface area contributed by atoms with Gasteiger partial charge in [0.1, 0.15) is 61.2 Å². The number of benzene rings is 2. The van der Waals surface area contributed by atoms with E-state index in [4.69, 9.17) is 42.6 Å². The van der Waals surface area contributed by atoms with E-state index in [-0.39, 0.29) is 47.0 Å². The molecule has 0 aliphatic carbocycles. The summed E-state index contributed by atoms with van der Waals surface area (Å²) in [6.07, 6.45) is -16.0. The van der Waals surface area contributed by atoms with Gasteiger partial charge >= 0.3 is 17.9 Å². The minimum Gasteiger partial charge on any atom is -0.508 e. The van der Waals surface area contributed by atoms with Crippen LogP contribution >= 0.6 is 0 Å². The first-order chi connectivity index (χ1) is 28.7. The van der Waals surface area contributed by atoms with Crippen LogP contribution in [0.25, 0.3) is 0 Å². The Morgan fingerprint density at radius 3 is 2.00 bits per heavy atom. The van der Waals surface area contributed by atoms with Gasteiger partial charge in [-0.25, -0.2) is 9.59 Å². The number of methoxy groups -OCH3 is 2. The fourth-order valence-corrected chi connectivity index (χ4v) is 6.48. The molecule has 2 saturated heterocycles. The number of rotatable bonds is 16. The quantitative estimate of drug-likeness (QED) is 0.0486. The Bertz CT molecular complexity index is 1830. The summed E-state index contributed by atoms with van der Waals surface area (Å²) in [7, 11) is 2.34. The fraction of sp³-hybridized carbons (Fsp3) is 0.513. The first-order valence-electron chi connectivity index (χ1n) is 18.6. The molecule has 21 nitrogen and oxygen atoms in total. The van der Waals surface area contributed by atoms with Crippen molar-refractivity contribution in [3.05, 3.63) is 77.1 Å². The zero-order chi connectivity index (χ0) is 43.7. The molecule has 5 rings (SSSR count). The minimum absolute atomic E-state index is 0.0287. The Balaban J connectivity index is 1.36. The minimum atomic E-state index is -1.87. The van der Waals surface area contributed by atoms with Crippen molar-refractivity contribution < 1.29 is 103 Å². The van der Waals surface area contributed by atoms with E-state index in [0.717, 1.165) is 18.9 Å². The number of aliphatic hydroxyl groups excluding tert-OH is 8. The zero-order valence-electron chi connectivity index (χ0n) is 32.3. The summed E-state index contributed by atoms with van der Waals surface area (Å²) < 4.78 is 49.2. The number of carbonyl (C=O) groups excluding carboxylic acids is 3. The second kappa shape index (κ2) is 21.1. The molecule has 2 aromatic rings. The standard InChI is InChI=1S/C39H48O21/c1-52-25-13-19(5-8-24(25)57-38-33(48)31(46)29(44)26(15-40)58-38)35(50)55-12-10-21-22(14-28(43)54-11-9-18-3-6-20(42)7-4-18)23(36(51)53-2)17-56-37(21)60-39-34(49)32(47)30(45)27(16-41)59-39/h3-8,10,13,17,22,26-27,29-34,37-42,44-49H,9,11-12,14-16H2,1-2H3/b21-10-/t22-,26+,27+,29-,30+,31-,32-,33-,34+,37+,38+,39-/m0/s1. The molecule has 3 aliphatic heterocycles. The molecule has 12 atom stereocenters. The van der Waals surface area contributed by atoms with E-state index in [1.54, 1.807) is 12.1 Å². The van der Waals surface area contributed by atoms with Crippen LogP contribution in [0.3, 0.4) is 0 Å². The molecular formula is C39H48O21. The Hall–Kier alpha value is -4.91. The smallest absolute Gasteiger partial charge is 0.338 e. The molecule has 0 spiro atoms. The maximum atomic E-state index is 13.3. The maximum absolute atomic E-state index is 13.3. The highest BCUT2D eigenvalue weighted by molar-refractivity contribution is 5.91. The van der Waals surface area contributed by atoms with Gasteiger partial charge in [0.15, 0.2) is 17.8 Å². The third-order valence-electron chi connectivity index (χ3n) is 9.88. The third-order valence-corrected chi connectivity index (χ3v) is 9.88. The van der Waals surface area contributed by atoms with E-state index in [1.807, 2.05) is 0 Å². The molecule has 0 aromatic heterocycles. The molecule has 3 aliphatic rings. The molecule has 0 amide bonds. The Morgan fingerprint density at radius 2 is 1.38 bits per heavy atom. The first kappa shape index (κ1) is 46.2. The lowest BCUT2D eigenvalue weighted by atomic mass is 9.86. The van der Waals surface area contributed by atoms with Crippen molar-refractivity contribution in [2.75, 3.05) is 40.6 Å². The van der Waals surface area contributed by atoms with Crippen LogP contribution in [-0.4, -0.2) is 172 Å². The number of carbonyl (C=O) groups is 3. The molecule has 0 saturated carbocycles. The van der Waals surface area contributed by atoms with Crippen molar-refractivity contribution in [3.63, 3.8) is 0 Å². The topological polar surface area (TPSA) is 316 Å². The summed E-state index contributed by atoms with van der Waals surface area (Å²) >= 11 is 0. The molecule has 0 unspecified atom stereocenters. The molecule has 0 radical (unpaired) electrons. The van der Waals surface area contributed by atoms with Crippen LogP contribution < -0.4 is 9.47 Å². The van der Waals surface area contributed by atoms with Crippen molar-refractivity contribution >= 4 is 17.9 Å². The highest BCUT2D eigenvalue weighted by Crippen LogP contribution is 2.37. The molecule has 21 heteroatoms. The first-order valence-corrected chi connectivity index (χ1v) is 18.6. The van der Waals surface area contributed by atoms with E-state index >= 15 is 0 Å². The van der Waals surface area contributed by atoms with Gasteiger partial charge in [-0.2, -0.15) is 0 Å². The second-order valence-corrected chi connectivity index (χ2v) is 13.7. The van der Waals surface area contributed by atoms with Crippen molar-refractivity contribution in [1.82, 2.24) is 0 Å². The molecule has 0 bridgehead atoms. The number of esters is 3. The summed E-state index contributed by atoms with van der Waals surface area (Å²) in [4.78, 5) is 39.5. The Labute approximate surface area is 342 Å². The number of aromatic hydroxyl groups is 1. The maximum Gasteiger partial charge on any atom is 0.338 e. The fourth-order valence-electron chi connectivity index (χ4n) is 6.48. The van der Waals surface area contributed by atoms with E-state index in [9.17, 15) is 60.3 Å². The number of ether oxygens (including phenoxy) is 9. The lowest BCUT2D eigenvalue weighted by molar-refractivity contribution is -0.327. The Morgan fingerprint density at radius 1 is 0.750 bits per heavy atom. The molecular weight excluding hydrogens is 804 g/mol. The number of aliphatic hydroxyl groups is 8. The lowest BCUT2D eigenvalue weighted by Gasteiger charge is -2.42. The van der Waals surface area contributed by atoms with Gasteiger partial charge in [-0.05, 0) is 42.0 Å². The zero-order valence-corrected chi connectivity index (χ0v) is 32.3. The van der Waals surface area contributed by atoms with Crippen LogP contribution in [0.15, 0.2) is 65.9 Å². The van der Waals surface area contributed by atoms with Gasteiger partial charge in [-0.1, -0.05) is 12.1 Å². The van der Waals surface area contributed by atoms with Gasteiger partial charge in [0.25, 0.3) is 0 Å². The summed E-state index contributed by atoms with van der Waals surface area (Å²) in [5.74, 6) is -3.91. The normalized spacial score (nSPS) is 31.0. The highest BCUT2D eigenvalue weighted by atomic mass is 16.8. The van der Waals surface area contributed by atoms with Crippen LogP contribution in [0.5, 0.6) is 17.2 Å². The van der Waals surface area contributed by atoms with Gasteiger partial charge in [0.2, 0.25) is 12.6 Å². The van der Waals surface area contributed by atoms with Crippen molar-refractivity contribution in [1.29, 1.82) is 0 Å². The van der Waals surface area contributed by atoms with Crippen LogP contribution in [0.2, 0.25) is 0 Å². The van der Waals surface area contributed by atoms with Crippen LogP contribution in [0.4, 0.5) is 0 Å². The highest BCUT2D eigenvalue weighted by Gasteiger charge is 2.48. The summed E-state index contributed by atoms with van der Waals surface area (Å²) in [5.41, 5.74) is 0.466. The van der Waals surface area contributed by atoms with E-state index in [0.29, 0.717) is 0 Å². The van der Waals surface area contributed by atoms with Crippen molar-refractivity contribution in [2.45, 2.75) is 80.5 Å². The number of phenols is 1. The van der Waals surface area contributed by atoms with Gasteiger partial charge in [-0.3, -0.25) is 4.79 Å². The predicted molar refractivity (Wildman–Crippen MR) is 196 cm³/mol. The molecule has 3 heterocycles. The van der Waals surface area contributed by atoms with Crippen molar-refractivity contribution in [2.24, 2.45) is 5.92 Å². The number of phenolic OH excluding ortho intramolecular Hbond substituents is 1. The summed E-state index contributed by atoms with van der Waals surface area (Å²) in [6.45, 7) is -2.10. The SMILES string of the molecule is COC(=O)C1=CO[C@H](O[C@@H]2O[C@H](CO)[C@@H](O)[C@H](O)[C@H]2O)/C(=C\COC(=O)c2ccc(O[C@@H]3O[C@H](CO)[C@H](O)[C@H](O)[C@@H]3O)c(OC)c2)[C@@H]1CC(=O)OCCc1ccc(O)cc1. The summed E-state index contributed by atoms with van der Waals surface area (Å²) in [6, 6.07) is 9.99. The van der Waals surface area contributed by atoms with Gasteiger partial charge in [0.05, 0.1) is 57.9 Å². The predicted octanol–water partition coefficient (Wildman–Crippen LogP) is -2.32. The van der Waals surface area contributed by atoms with Crippen LogP contribution in [0, 0.1) is 5.92 Å². The number of hydrogen-bond acceptors (Lipinski definition) is 21. The van der Waals surface area contributed by atoms with Gasteiger partial charge < -0.3 is 88.6 Å².